The standard InChI is InChI=1S/C25H21ClN4O3S/c1-15(23(32)28-19-12-10-18(11-13-19)27-16(2)31)34-25-29-22-9-4-3-8-21(22)24(33)30(25)20-7-5-6-17(26)14-20/h3-15H,1-2H3,(H,27,31)(H,28,32)/t15-/m0/s1. The molecule has 0 fully saturated rings. The van der Waals surface area contributed by atoms with Gasteiger partial charge in [0.15, 0.2) is 5.16 Å². The fraction of sp³-hybridized carbons (Fsp3) is 0.120. The van der Waals surface area contributed by atoms with Crippen LogP contribution in [0.5, 0.6) is 0 Å². The summed E-state index contributed by atoms with van der Waals surface area (Å²) in [5.41, 5.74) is 2.11. The maximum absolute atomic E-state index is 13.3. The van der Waals surface area contributed by atoms with Crippen molar-refractivity contribution in [3.63, 3.8) is 0 Å². The summed E-state index contributed by atoms with van der Waals surface area (Å²) in [6.07, 6.45) is 0. The molecule has 0 spiro atoms. The topological polar surface area (TPSA) is 93.1 Å². The molecule has 0 unspecified atom stereocenters. The van der Waals surface area contributed by atoms with E-state index in [1.807, 2.05) is 6.07 Å². The number of rotatable bonds is 6. The highest BCUT2D eigenvalue weighted by molar-refractivity contribution is 8.00. The van der Waals surface area contributed by atoms with Gasteiger partial charge in [-0.2, -0.15) is 0 Å². The molecule has 1 heterocycles. The van der Waals surface area contributed by atoms with Gasteiger partial charge in [-0.25, -0.2) is 4.98 Å². The van der Waals surface area contributed by atoms with Crippen molar-refractivity contribution in [1.29, 1.82) is 0 Å². The van der Waals surface area contributed by atoms with E-state index in [1.165, 1.54) is 23.3 Å². The number of fused-ring (bicyclic) bond motifs is 1. The number of carbonyl (C=O) groups is 2. The minimum Gasteiger partial charge on any atom is -0.326 e. The summed E-state index contributed by atoms with van der Waals surface area (Å²) in [5.74, 6) is -0.423. The highest BCUT2D eigenvalue weighted by atomic mass is 35.5. The number of thioether (sulfide) groups is 1. The first-order valence-electron chi connectivity index (χ1n) is 10.4. The Morgan fingerprint density at radius 1 is 0.971 bits per heavy atom. The predicted molar refractivity (Wildman–Crippen MR) is 137 cm³/mol. The van der Waals surface area contributed by atoms with Crippen molar-refractivity contribution in [3.8, 4) is 5.69 Å². The summed E-state index contributed by atoms with van der Waals surface area (Å²) in [7, 11) is 0. The number of amides is 2. The van der Waals surface area contributed by atoms with Crippen LogP contribution in [0.4, 0.5) is 11.4 Å². The third kappa shape index (κ3) is 5.30. The van der Waals surface area contributed by atoms with E-state index in [1.54, 1.807) is 73.7 Å². The molecule has 0 saturated carbocycles. The minimum absolute atomic E-state index is 0.171. The number of hydrogen-bond donors (Lipinski definition) is 2. The van der Waals surface area contributed by atoms with Gasteiger partial charge >= 0.3 is 0 Å². The predicted octanol–water partition coefficient (Wildman–Crippen LogP) is 5.12. The Bertz CT molecular complexity index is 1440. The van der Waals surface area contributed by atoms with E-state index in [0.717, 1.165) is 0 Å². The number of benzene rings is 3. The summed E-state index contributed by atoms with van der Waals surface area (Å²) in [5, 5.41) is 6.32. The second kappa shape index (κ2) is 10.1. The summed E-state index contributed by atoms with van der Waals surface area (Å²) < 4.78 is 1.48. The Labute approximate surface area is 205 Å². The molecule has 0 aliphatic rings. The smallest absolute Gasteiger partial charge is 0.266 e. The molecule has 9 heteroatoms. The van der Waals surface area contributed by atoms with Crippen LogP contribution in [0, 0.1) is 0 Å². The van der Waals surface area contributed by atoms with Crippen molar-refractivity contribution >= 4 is 57.5 Å². The van der Waals surface area contributed by atoms with Crippen molar-refractivity contribution in [2.45, 2.75) is 24.3 Å². The van der Waals surface area contributed by atoms with E-state index in [0.29, 0.717) is 38.1 Å². The Balaban J connectivity index is 1.63. The molecular formula is C25H21ClN4O3S. The highest BCUT2D eigenvalue weighted by Gasteiger charge is 2.20. The lowest BCUT2D eigenvalue weighted by Gasteiger charge is -2.17. The molecule has 172 valence electrons. The summed E-state index contributed by atoms with van der Waals surface area (Å²) in [6, 6.07) is 20.9. The molecule has 34 heavy (non-hydrogen) atoms. The van der Waals surface area contributed by atoms with Gasteiger partial charge in [-0.05, 0) is 61.5 Å². The first kappa shape index (κ1) is 23.5. The number of para-hydroxylation sites is 1. The van der Waals surface area contributed by atoms with Crippen LogP contribution in [0.2, 0.25) is 5.02 Å². The first-order valence-corrected chi connectivity index (χ1v) is 11.7. The third-order valence-electron chi connectivity index (χ3n) is 4.94. The number of aromatic nitrogens is 2. The van der Waals surface area contributed by atoms with E-state index < -0.39 is 5.25 Å². The zero-order valence-electron chi connectivity index (χ0n) is 18.4. The Morgan fingerprint density at radius 3 is 2.32 bits per heavy atom. The molecule has 0 aliphatic heterocycles. The maximum Gasteiger partial charge on any atom is 0.266 e. The van der Waals surface area contributed by atoms with Crippen LogP contribution in [-0.4, -0.2) is 26.6 Å². The zero-order valence-corrected chi connectivity index (χ0v) is 20.0. The lowest BCUT2D eigenvalue weighted by atomic mass is 10.2. The molecule has 0 bridgehead atoms. The van der Waals surface area contributed by atoms with Gasteiger partial charge in [0.25, 0.3) is 5.56 Å². The largest absolute Gasteiger partial charge is 0.326 e. The van der Waals surface area contributed by atoms with Crippen LogP contribution in [0.15, 0.2) is 82.7 Å². The van der Waals surface area contributed by atoms with Gasteiger partial charge in [0, 0.05) is 23.3 Å². The Hall–Kier alpha value is -3.62. The van der Waals surface area contributed by atoms with Crippen molar-refractivity contribution in [3.05, 3.63) is 88.2 Å². The van der Waals surface area contributed by atoms with Crippen LogP contribution in [0.3, 0.4) is 0 Å². The Kier molecular flexibility index (Phi) is 7.00. The Morgan fingerprint density at radius 2 is 1.65 bits per heavy atom. The minimum atomic E-state index is -0.562. The van der Waals surface area contributed by atoms with Crippen LogP contribution in [0.25, 0.3) is 16.6 Å². The summed E-state index contributed by atoms with van der Waals surface area (Å²) in [6.45, 7) is 3.17. The zero-order chi connectivity index (χ0) is 24.2. The van der Waals surface area contributed by atoms with Crippen LogP contribution in [0.1, 0.15) is 13.8 Å². The summed E-state index contributed by atoms with van der Waals surface area (Å²) >= 11 is 7.35. The molecule has 2 N–H and O–H groups in total. The van der Waals surface area contributed by atoms with Crippen LogP contribution >= 0.6 is 23.4 Å². The van der Waals surface area contributed by atoms with Crippen molar-refractivity contribution in [1.82, 2.24) is 9.55 Å². The molecule has 3 aromatic carbocycles. The molecule has 0 saturated heterocycles. The van der Waals surface area contributed by atoms with Gasteiger partial charge in [-0.3, -0.25) is 19.0 Å². The van der Waals surface area contributed by atoms with Gasteiger partial charge in [-0.1, -0.05) is 41.6 Å². The monoisotopic (exact) mass is 492 g/mol. The molecule has 0 aliphatic carbocycles. The number of halogens is 1. The number of nitrogens with one attached hydrogen (secondary N) is 2. The first-order chi connectivity index (χ1) is 16.3. The maximum atomic E-state index is 13.3. The van der Waals surface area contributed by atoms with Gasteiger partial charge < -0.3 is 10.6 Å². The van der Waals surface area contributed by atoms with Crippen molar-refractivity contribution in [2.24, 2.45) is 0 Å². The SMILES string of the molecule is CC(=O)Nc1ccc(NC(=O)[C@H](C)Sc2nc3ccccc3c(=O)n2-c2cccc(Cl)c2)cc1. The van der Waals surface area contributed by atoms with Crippen molar-refractivity contribution in [2.75, 3.05) is 10.6 Å². The fourth-order valence-electron chi connectivity index (χ4n) is 3.33. The molecule has 2 amide bonds. The highest BCUT2D eigenvalue weighted by Crippen LogP contribution is 2.27. The van der Waals surface area contributed by atoms with E-state index in [4.69, 9.17) is 11.6 Å². The fourth-order valence-corrected chi connectivity index (χ4v) is 4.44. The van der Waals surface area contributed by atoms with Gasteiger partial charge in [0.2, 0.25) is 11.8 Å². The van der Waals surface area contributed by atoms with E-state index in [-0.39, 0.29) is 17.4 Å². The summed E-state index contributed by atoms with van der Waals surface area (Å²) in [4.78, 5) is 42.1. The number of anilines is 2. The molecule has 7 nitrogen and oxygen atoms in total. The van der Waals surface area contributed by atoms with Crippen LogP contribution < -0.4 is 16.2 Å². The normalized spacial score (nSPS) is 11.7. The second-order valence-electron chi connectivity index (χ2n) is 7.54. The van der Waals surface area contributed by atoms with Crippen molar-refractivity contribution < 1.29 is 9.59 Å². The average molecular weight is 493 g/mol. The van der Waals surface area contributed by atoms with E-state index in [9.17, 15) is 14.4 Å². The quantitative estimate of drug-likeness (QED) is 0.288. The third-order valence-corrected chi connectivity index (χ3v) is 6.22. The molecule has 1 atom stereocenters. The number of hydrogen-bond acceptors (Lipinski definition) is 5. The van der Waals surface area contributed by atoms with Gasteiger partial charge in [0.05, 0.1) is 21.8 Å². The average Bonchev–Trinajstić information content (AvgIpc) is 2.80. The molecular weight excluding hydrogens is 472 g/mol. The molecule has 1 aromatic heterocycles. The second-order valence-corrected chi connectivity index (χ2v) is 9.28. The molecule has 4 aromatic rings. The lowest BCUT2D eigenvalue weighted by molar-refractivity contribution is -0.115. The van der Waals surface area contributed by atoms with Crippen LogP contribution in [-0.2, 0) is 9.59 Å². The van der Waals surface area contributed by atoms with Gasteiger partial charge in [-0.15, -0.1) is 0 Å². The molecule has 0 radical (unpaired) electrons. The number of nitrogens with zero attached hydrogens (tertiary/aromatic N) is 2. The number of carbonyl (C=O) groups excluding carboxylic acids is 2. The van der Waals surface area contributed by atoms with E-state index >= 15 is 0 Å². The lowest BCUT2D eigenvalue weighted by Crippen LogP contribution is -2.26. The van der Waals surface area contributed by atoms with E-state index in [2.05, 4.69) is 15.6 Å². The van der Waals surface area contributed by atoms with Gasteiger partial charge in [0.1, 0.15) is 0 Å². The molecule has 4 rings (SSSR count).